The number of benzene rings is 1. The number of fused-ring (bicyclic) bond motifs is 1. The van der Waals surface area contributed by atoms with Crippen molar-refractivity contribution in [2.24, 2.45) is 0 Å². The predicted octanol–water partition coefficient (Wildman–Crippen LogP) is 2.61. The van der Waals surface area contributed by atoms with Crippen LogP contribution in [-0.2, 0) is 4.74 Å². The lowest BCUT2D eigenvalue weighted by atomic mass is 9.89. The van der Waals surface area contributed by atoms with Crippen molar-refractivity contribution in [3.05, 3.63) is 23.8 Å². The van der Waals surface area contributed by atoms with Crippen LogP contribution in [0.4, 0.5) is 0 Å². The maximum absolute atomic E-state index is 6.16. The summed E-state index contributed by atoms with van der Waals surface area (Å²) < 4.78 is 17.2. The van der Waals surface area contributed by atoms with Crippen molar-refractivity contribution in [2.45, 2.75) is 38.8 Å². The van der Waals surface area contributed by atoms with Crippen LogP contribution >= 0.6 is 0 Å². The standard InChI is InChI=1S/C19H30N2O3/c1-4-23-15-5-6-18-16(13-15)17(14-19(2,3)24-18)20-7-8-21-9-11-22-12-10-21/h5-6,13,17,20H,4,7-12,14H2,1-3H3. The lowest BCUT2D eigenvalue weighted by Crippen LogP contribution is -2.43. The minimum Gasteiger partial charge on any atom is -0.494 e. The predicted molar refractivity (Wildman–Crippen MR) is 94.9 cm³/mol. The summed E-state index contributed by atoms with van der Waals surface area (Å²) in [6.07, 6.45) is 0.957. The fraction of sp³-hybridized carbons (Fsp3) is 0.684. The van der Waals surface area contributed by atoms with Crippen molar-refractivity contribution < 1.29 is 14.2 Å². The summed E-state index contributed by atoms with van der Waals surface area (Å²) in [4.78, 5) is 2.46. The Morgan fingerprint density at radius 2 is 2.08 bits per heavy atom. The molecule has 0 saturated carbocycles. The van der Waals surface area contributed by atoms with Gasteiger partial charge in [-0.3, -0.25) is 4.90 Å². The Hall–Kier alpha value is -1.30. The normalized spacial score (nSPS) is 23.4. The molecular weight excluding hydrogens is 304 g/mol. The van der Waals surface area contributed by atoms with Gasteiger partial charge in [-0.25, -0.2) is 0 Å². The van der Waals surface area contributed by atoms with Crippen LogP contribution in [0.25, 0.3) is 0 Å². The third-order valence-corrected chi connectivity index (χ3v) is 4.67. The monoisotopic (exact) mass is 334 g/mol. The van der Waals surface area contributed by atoms with Gasteiger partial charge in [-0.15, -0.1) is 0 Å². The molecule has 134 valence electrons. The van der Waals surface area contributed by atoms with Gasteiger partial charge in [0.25, 0.3) is 0 Å². The molecule has 0 bridgehead atoms. The summed E-state index contributed by atoms with van der Waals surface area (Å²) in [6, 6.07) is 6.46. The van der Waals surface area contributed by atoms with Crippen LogP contribution in [0, 0.1) is 0 Å². The smallest absolute Gasteiger partial charge is 0.125 e. The first-order valence-electron chi connectivity index (χ1n) is 9.06. The summed E-state index contributed by atoms with van der Waals surface area (Å²) in [5.74, 6) is 1.89. The SMILES string of the molecule is CCOc1ccc2c(c1)C(NCCN1CCOCC1)CC(C)(C)O2. The van der Waals surface area contributed by atoms with Crippen LogP contribution < -0.4 is 14.8 Å². The van der Waals surface area contributed by atoms with E-state index >= 15 is 0 Å². The second-order valence-electron chi connectivity index (χ2n) is 7.16. The molecule has 1 fully saturated rings. The fourth-order valence-electron chi connectivity index (χ4n) is 3.49. The molecule has 1 N–H and O–H groups in total. The highest BCUT2D eigenvalue weighted by Crippen LogP contribution is 2.41. The summed E-state index contributed by atoms with van der Waals surface area (Å²) >= 11 is 0. The maximum Gasteiger partial charge on any atom is 0.125 e. The molecule has 3 rings (SSSR count). The summed E-state index contributed by atoms with van der Waals surface area (Å²) in [6.45, 7) is 12.8. The van der Waals surface area contributed by atoms with Crippen LogP contribution in [-0.4, -0.2) is 56.5 Å². The molecule has 0 spiro atoms. The van der Waals surface area contributed by atoms with E-state index in [1.165, 1.54) is 5.56 Å². The molecule has 5 heteroatoms. The van der Waals surface area contributed by atoms with Crippen molar-refractivity contribution in [3.8, 4) is 11.5 Å². The third kappa shape index (κ3) is 4.41. The molecular formula is C19H30N2O3. The average Bonchev–Trinajstić information content (AvgIpc) is 2.56. The minimum atomic E-state index is -0.156. The highest BCUT2D eigenvalue weighted by atomic mass is 16.5. The van der Waals surface area contributed by atoms with Crippen LogP contribution in [0.2, 0.25) is 0 Å². The Kier molecular flexibility index (Phi) is 5.64. The van der Waals surface area contributed by atoms with Crippen molar-refractivity contribution in [1.82, 2.24) is 10.2 Å². The van der Waals surface area contributed by atoms with Gasteiger partial charge in [-0.1, -0.05) is 0 Å². The summed E-state index contributed by atoms with van der Waals surface area (Å²) in [5, 5.41) is 3.73. The van der Waals surface area contributed by atoms with Gasteiger partial charge in [-0.05, 0) is 39.0 Å². The number of ether oxygens (including phenoxy) is 3. The Balaban J connectivity index is 1.66. The van der Waals surface area contributed by atoms with Gasteiger partial charge in [0.15, 0.2) is 0 Å². The summed E-state index contributed by atoms with van der Waals surface area (Å²) in [5.41, 5.74) is 1.05. The molecule has 0 aromatic heterocycles. The van der Waals surface area contributed by atoms with Crippen molar-refractivity contribution in [2.75, 3.05) is 46.0 Å². The molecule has 2 aliphatic heterocycles. The largest absolute Gasteiger partial charge is 0.494 e. The van der Waals surface area contributed by atoms with E-state index < -0.39 is 0 Å². The van der Waals surface area contributed by atoms with E-state index in [1.54, 1.807) is 0 Å². The van der Waals surface area contributed by atoms with E-state index in [9.17, 15) is 0 Å². The molecule has 1 aromatic rings. The molecule has 1 aromatic carbocycles. The highest BCUT2D eigenvalue weighted by Gasteiger charge is 2.33. The number of morpholine rings is 1. The van der Waals surface area contributed by atoms with Gasteiger partial charge in [0, 0.05) is 44.2 Å². The number of hydrogen-bond donors (Lipinski definition) is 1. The Bertz CT molecular complexity index is 541. The van der Waals surface area contributed by atoms with E-state index in [-0.39, 0.29) is 5.60 Å². The summed E-state index contributed by atoms with van der Waals surface area (Å²) in [7, 11) is 0. The van der Waals surface area contributed by atoms with E-state index in [4.69, 9.17) is 14.2 Å². The number of nitrogens with one attached hydrogen (secondary N) is 1. The zero-order chi connectivity index (χ0) is 17.0. The quantitative estimate of drug-likeness (QED) is 0.866. The van der Waals surface area contributed by atoms with Gasteiger partial charge in [0.05, 0.1) is 19.8 Å². The van der Waals surface area contributed by atoms with Crippen molar-refractivity contribution in [1.29, 1.82) is 0 Å². The number of hydrogen-bond acceptors (Lipinski definition) is 5. The zero-order valence-corrected chi connectivity index (χ0v) is 15.1. The van der Waals surface area contributed by atoms with Crippen LogP contribution in [0.3, 0.4) is 0 Å². The van der Waals surface area contributed by atoms with E-state index in [1.807, 2.05) is 19.1 Å². The Labute approximate surface area is 145 Å². The van der Waals surface area contributed by atoms with E-state index in [0.717, 1.165) is 57.3 Å². The molecule has 0 amide bonds. The molecule has 1 saturated heterocycles. The lowest BCUT2D eigenvalue weighted by Gasteiger charge is -2.38. The van der Waals surface area contributed by atoms with Crippen LogP contribution in [0.15, 0.2) is 18.2 Å². The molecule has 2 heterocycles. The Morgan fingerprint density at radius 1 is 1.29 bits per heavy atom. The molecule has 0 aliphatic carbocycles. The van der Waals surface area contributed by atoms with Crippen LogP contribution in [0.1, 0.15) is 38.8 Å². The number of nitrogens with zero attached hydrogens (tertiary/aromatic N) is 1. The molecule has 1 unspecified atom stereocenters. The molecule has 2 aliphatic rings. The second-order valence-corrected chi connectivity index (χ2v) is 7.16. The highest BCUT2D eigenvalue weighted by molar-refractivity contribution is 5.44. The molecule has 0 radical (unpaired) electrons. The van der Waals surface area contributed by atoms with Gasteiger partial charge in [0.2, 0.25) is 0 Å². The third-order valence-electron chi connectivity index (χ3n) is 4.67. The van der Waals surface area contributed by atoms with Crippen molar-refractivity contribution >= 4 is 0 Å². The van der Waals surface area contributed by atoms with Gasteiger partial charge >= 0.3 is 0 Å². The first-order chi connectivity index (χ1) is 11.6. The number of rotatable bonds is 6. The first kappa shape index (κ1) is 17.5. The fourth-order valence-corrected chi connectivity index (χ4v) is 3.49. The zero-order valence-electron chi connectivity index (χ0n) is 15.1. The van der Waals surface area contributed by atoms with E-state index in [2.05, 4.69) is 30.1 Å². The topological polar surface area (TPSA) is 43.0 Å². The minimum absolute atomic E-state index is 0.156. The van der Waals surface area contributed by atoms with E-state index in [0.29, 0.717) is 12.6 Å². The average molecular weight is 334 g/mol. The molecule has 24 heavy (non-hydrogen) atoms. The first-order valence-corrected chi connectivity index (χ1v) is 9.06. The maximum atomic E-state index is 6.16. The van der Waals surface area contributed by atoms with Crippen LogP contribution in [0.5, 0.6) is 11.5 Å². The lowest BCUT2D eigenvalue weighted by molar-refractivity contribution is 0.0362. The Morgan fingerprint density at radius 3 is 2.83 bits per heavy atom. The molecule has 1 atom stereocenters. The second kappa shape index (κ2) is 7.72. The van der Waals surface area contributed by atoms with Gasteiger partial charge < -0.3 is 19.5 Å². The molecule has 5 nitrogen and oxygen atoms in total. The van der Waals surface area contributed by atoms with Gasteiger partial charge in [-0.2, -0.15) is 0 Å². The van der Waals surface area contributed by atoms with Crippen molar-refractivity contribution in [3.63, 3.8) is 0 Å². The van der Waals surface area contributed by atoms with Gasteiger partial charge in [0.1, 0.15) is 17.1 Å².